The number of benzene rings is 2. The molecule has 0 bridgehead atoms. The number of esters is 1. The molecule has 2 amide bonds. The van der Waals surface area contributed by atoms with Crippen molar-refractivity contribution in [3.63, 3.8) is 0 Å². The Morgan fingerprint density at radius 2 is 1.80 bits per heavy atom. The molecule has 18 heteroatoms. The lowest BCUT2D eigenvalue weighted by molar-refractivity contribution is -0.155. The van der Waals surface area contributed by atoms with Gasteiger partial charge in [-0.2, -0.15) is 4.98 Å². The molecule has 1 atom stereocenters. The maximum absolute atomic E-state index is 14.2. The van der Waals surface area contributed by atoms with Crippen LogP contribution in [0, 0.1) is 6.92 Å². The minimum atomic E-state index is -3.99. The number of amides is 2. The third kappa shape index (κ3) is 15.1. The summed E-state index contributed by atoms with van der Waals surface area (Å²) in [6.45, 7) is 9.87. The first-order valence-electron chi connectivity index (χ1n) is 17.3. The number of nitrogens with zero attached hydrogens (tertiary/aromatic N) is 4. The van der Waals surface area contributed by atoms with E-state index >= 15 is 0 Å². The minimum Gasteiger partial charge on any atom is -0.497 e. The molecule has 298 valence electrons. The number of carbonyl (C=O) groups is 3. The van der Waals surface area contributed by atoms with Gasteiger partial charge in [0.05, 0.1) is 12.0 Å². The molecule has 2 aromatic carbocycles. The molecule has 0 aliphatic carbocycles. The van der Waals surface area contributed by atoms with Gasteiger partial charge in [0.25, 0.3) is 15.6 Å². The van der Waals surface area contributed by atoms with E-state index < -0.39 is 45.2 Å². The van der Waals surface area contributed by atoms with E-state index in [0.29, 0.717) is 11.5 Å². The van der Waals surface area contributed by atoms with Crippen molar-refractivity contribution >= 4 is 45.7 Å². The maximum Gasteiger partial charge on any atom is 0.407 e. The van der Waals surface area contributed by atoms with Crippen molar-refractivity contribution in [3.05, 3.63) is 94.9 Å². The highest BCUT2D eigenvalue weighted by Crippen LogP contribution is 2.22. The first-order chi connectivity index (χ1) is 26.0. The second-order valence-electron chi connectivity index (χ2n) is 13.1. The van der Waals surface area contributed by atoms with Gasteiger partial charge in [0, 0.05) is 37.7 Å². The van der Waals surface area contributed by atoms with Crippen molar-refractivity contribution in [2.24, 2.45) is 10.7 Å². The maximum atomic E-state index is 14.2. The summed E-state index contributed by atoms with van der Waals surface area (Å²) in [5.74, 6) is -0.521. The Morgan fingerprint density at radius 3 is 2.44 bits per heavy atom. The fourth-order valence-electron chi connectivity index (χ4n) is 4.87. The molecule has 0 fully saturated rings. The Kier molecular flexibility index (Phi) is 16.8. The molecule has 0 saturated carbocycles. The van der Waals surface area contributed by atoms with E-state index in [0.717, 1.165) is 11.1 Å². The molecule has 55 heavy (non-hydrogen) atoms. The lowest BCUT2D eigenvalue weighted by Crippen LogP contribution is -2.50. The van der Waals surface area contributed by atoms with Crippen LogP contribution in [0.1, 0.15) is 44.7 Å². The summed E-state index contributed by atoms with van der Waals surface area (Å²) in [5.41, 5.74) is 6.44. The SMILES string of the molecule is C=CCOC(=O)[C@H](CCCN=C(N)NS(=O)(=O)c1ccc(C)cc1)N(CCNC(=O)OC(C)(C)C)C(=O)Cn1ccc(=O)nc1SCc1ccc(OC)cc1. The molecule has 1 aromatic heterocycles. The number of alkyl carbamates (subject to hydrolysis) is 1. The number of hydrogen-bond acceptors (Lipinski definition) is 12. The third-order valence-corrected chi connectivity index (χ3v) is 9.93. The second kappa shape index (κ2) is 20.9. The molecule has 3 aromatic rings. The number of guanidine groups is 1. The monoisotopic (exact) mass is 799 g/mol. The van der Waals surface area contributed by atoms with Crippen molar-refractivity contribution in [1.82, 2.24) is 24.5 Å². The van der Waals surface area contributed by atoms with Crippen LogP contribution in [0.4, 0.5) is 4.79 Å². The number of sulfonamides is 1. The van der Waals surface area contributed by atoms with Gasteiger partial charge in [-0.25, -0.2) is 22.7 Å². The molecule has 1 heterocycles. The molecule has 16 nitrogen and oxygen atoms in total. The number of ether oxygens (including phenoxy) is 3. The van der Waals surface area contributed by atoms with Crippen molar-refractivity contribution in [3.8, 4) is 5.75 Å². The number of aliphatic imine (C=N–C) groups is 1. The lowest BCUT2D eigenvalue weighted by Gasteiger charge is -2.31. The molecule has 4 N–H and O–H groups in total. The average molecular weight is 800 g/mol. The molecule has 0 radical (unpaired) electrons. The zero-order valence-electron chi connectivity index (χ0n) is 31.6. The zero-order valence-corrected chi connectivity index (χ0v) is 33.3. The summed E-state index contributed by atoms with van der Waals surface area (Å²) < 4.78 is 45.2. The van der Waals surface area contributed by atoms with Crippen LogP contribution in [0.15, 0.2) is 93.3 Å². The number of aromatic nitrogens is 2. The summed E-state index contributed by atoms with van der Waals surface area (Å²) >= 11 is 1.25. The summed E-state index contributed by atoms with van der Waals surface area (Å²) in [6, 6.07) is 13.6. The summed E-state index contributed by atoms with van der Waals surface area (Å²) in [5, 5.41) is 2.88. The van der Waals surface area contributed by atoms with E-state index in [1.807, 2.05) is 31.2 Å². The number of methoxy groups -OCH3 is 1. The van der Waals surface area contributed by atoms with Gasteiger partial charge < -0.3 is 34.7 Å². The van der Waals surface area contributed by atoms with E-state index in [4.69, 9.17) is 19.9 Å². The second-order valence-corrected chi connectivity index (χ2v) is 15.7. The fourth-order valence-corrected chi connectivity index (χ4v) is 6.76. The van der Waals surface area contributed by atoms with Gasteiger partial charge in [0.15, 0.2) is 5.16 Å². The molecule has 0 spiro atoms. The number of nitrogens with one attached hydrogen (secondary N) is 2. The van der Waals surface area contributed by atoms with Crippen molar-refractivity contribution in [1.29, 1.82) is 0 Å². The van der Waals surface area contributed by atoms with Gasteiger partial charge in [0.2, 0.25) is 11.9 Å². The highest BCUT2D eigenvalue weighted by Gasteiger charge is 2.31. The Hall–Kier alpha value is -5.36. The van der Waals surface area contributed by atoms with Crippen LogP contribution < -0.4 is 26.1 Å². The van der Waals surface area contributed by atoms with E-state index in [9.17, 15) is 27.6 Å². The van der Waals surface area contributed by atoms with Gasteiger partial charge >= 0.3 is 12.1 Å². The van der Waals surface area contributed by atoms with E-state index in [2.05, 4.69) is 26.6 Å². The van der Waals surface area contributed by atoms with Gasteiger partial charge in [-0.15, -0.1) is 0 Å². The quantitative estimate of drug-likeness (QED) is 0.0303. The van der Waals surface area contributed by atoms with Crippen molar-refractivity contribution < 1.29 is 37.0 Å². The first-order valence-corrected chi connectivity index (χ1v) is 19.7. The van der Waals surface area contributed by atoms with Crippen LogP contribution in [0.2, 0.25) is 0 Å². The average Bonchev–Trinajstić information content (AvgIpc) is 3.12. The Bertz CT molecular complexity index is 1960. The van der Waals surface area contributed by atoms with Gasteiger partial charge in [-0.3, -0.25) is 14.6 Å². The van der Waals surface area contributed by atoms with Crippen LogP contribution >= 0.6 is 11.8 Å². The predicted molar refractivity (Wildman–Crippen MR) is 209 cm³/mol. The largest absolute Gasteiger partial charge is 0.497 e. The number of thioether (sulfide) groups is 1. The molecular formula is C37H49N7O9S2. The number of nitrogens with two attached hydrogens (primary N) is 1. The minimum absolute atomic E-state index is 0.00988. The highest BCUT2D eigenvalue weighted by atomic mass is 32.2. The van der Waals surface area contributed by atoms with E-state index in [1.54, 1.807) is 40.0 Å². The summed E-state index contributed by atoms with van der Waals surface area (Å²) in [7, 11) is -2.42. The number of aryl methyl sites for hydroxylation is 1. The number of carbonyl (C=O) groups excluding carboxylic acids is 3. The standard InChI is InChI=1S/C37H49N7O9S2/c1-7-23-52-33(47)30(9-8-19-39-34(38)42-55(49,50)29-16-10-26(2)11-17-29)44(22-20-40-36(48)53-37(3,4)5)32(46)24-43-21-18-31(45)41-35(43)54-25-27-12-14-28(51-6)15-13-27/h7,10-18,21,30H,1,8-9,19-20,22-25H2,2-6H3,(H,40,48)(H3,38,39,42)/t30-/m0/s1. The fraction of sp³-hybridized carbons (Fsp3) is 0.405. The molecule has 0 saturated heterocycles. The molecule has 0 unspecified atom stereocenters. The van der Waals surface area contributed by atoms with Crippen molar-refractivity contribution in [2.45, 2.75) is 74.5 Å². The van der Waals surface area contributed by atoms with Crippen LogP contribution in [0.25, 0.3) is 0 Å². The number of rotatable bonds is 19. The Morgan fingerprint density at radius 1 is 1.11 bits per heavy atom. The van der Waals surface area contributed by atoms with Crippen LogP contribution in [0.5, 0.6) is 5.75 Å². The third-order valence-electron chi connectivity index (χ3n) is 7.50. The van der Waals surface area contributed by atoms with Crippen LogP contribution in [0.3, 0.4) is 0 Å². The normalized spacial score (nSPS) is 12.3. The molecule has 0 aliphatic heterocycles. The van der Waals surface area contributed by atoms with Gasteiger partial charge in [-0.1, -0.05) is 54.2 Å². The Labute approximate surface area is 325 Å². The molecular weight excluding hydrogens is 751 g/mol. The first kappa shape index (κ1) is 44.0. The molecule has 0 aliphatic rings. The lowest BCUT2D eigenvalue weighted by atomic mass is 10.1. The smallest absolute Gasteiger partial charge is 0.407 e. The zero-order chi connectivity index (χ0) is 40.6. The predicted octanol–water partition coefficient (Wildman–Crippen LogP) is 3.38. The molecule has 3 rings (SSSR count). The van der Waals surface area contributed by atoms with Gasteiger partial charge in [-0.05, 0) is 70.4 Å². The summed E-state index contributed by atoms with van der Waals surface area (Å²) in [6.07, 6.45) is 2.31. The topological polar surface area (TPSA) is 214 Å². The van der Waals surface area contributed by atoms with E-state index in [-0.39, 0.29) is 61.6 Å². The van der Waals surface area contributed by atoms with Crippen LogP contribution in [-0.2, 0) is 41.4 Å². The van der Waals surface area contributed by atoms with Crippen molar-refractivity contribution in [2.75, 3.05) is 33.4 Å². The Balaban J connectivity index is 1.84. The summed E-state index contributed by atoms with van der Waals surface area (Å²) in [4.78, 5) is 61.9. The highest BCUT2D eigenvalue weighted by molar-refractivity contribution is 7.98. The van der Waals surface area contributed by atoms with Crippen LogP contribution in [-0.4, -0.2) is 91.8 Å². The van der Waals surface area contributed by atoms with E-state index in [1.165, 1.54) is 51.7 Å². The van der Waals surface area contributed by atoms with Gasteiger partial charge in [0.1, 0.15) is 30.5 Å². The number of hydrogen-bond donors (Lipinski definition) is 3.